The molecular weight excluding hydrogens is 308 g/mol. The third-order valence-corrected chi connectivity index (χ3v) is 4.03. The van der Waals surface area contributed by atoms with Crippen LogP contribution in [0.2, 0.25) is 0 Å². The summed E-state index contributed by atoms with van der Waals surface area (Å²) in [6.07, 6.45) is 5.91. The van der Waals surface area contributed by atoms with Crippen LogP contribution >= 0.6 is 0 Å². The van der Waals surface area contributed by atoms with Crippen LogP contribution < -0.4 is 10.1 Å². The van der Waals surface area contributed by atoms with E-state index < -0.39 is 5.60 Å². The quantitative estimate of drug-likeness (QED) is 0.878. The molecule has 0 aliphatic carbocycles. The maximum absolute atomic E-state index is 12.4. The molecular formula is C17H22N4O3. The number of urea groups is 1. The molecule has 1 aliphatic rings. The minimum atomic E-state index is -0.807. The molecule has 0 radical (unpaired) electrons. The summed E-state index contributed by atoms with van der Waals surface area (Å²) in [6.45, 7) is 3.78. The van der Waals surface area contributed by atoms with Gasteiger partial charge in [-0.3, -0.25) is 0 Å². The van der Waals surface area contributed by atoms with Crippen molar-refractivity contribution in [2.75, 3.05) is 25.0 Å². The van der Waals surface area contributed by atoms with Gasteiger partial charge in [0.05, 0.1) is 30.7 Å². The fourth-order valence-electron chi connectivity index (χ4n) is 2.69. The fourth-order valence-corrected chi connectivity index (χ4v) is 2.69. The largest absolute Gasteiger partial charge is 0.490 e. The predicted octanol–water partition coefficient (Wildman–Crippen LogP) is 1.95. The molecule has 128 valence electrons. The lowest BCUT2D eigenvalue weighted by molar-refractivity contribution is 0.0727. The second-order valence-electron chi connectivity index (χ2n) is 6.24. The van der Waals surface area contributed by atoms with Crippen LogP contribution in [-0.2, 0) is 6.54 Å². The topological polar surface area (TPSA) is 79.6 Å². The van der Waals surface area contributed by atoms with Crippen LogP contribution in [0.3, 0.4) is 0 Å². The van der Waals surface area contributed by atoms with Gasteiger partial charge in [-0.1, -0.05) is 12.1 Å². The van der Waals surface area contributed by atoms with Gasteiger partial charge in [-0.2, -0.15) is 0 Å². The van der Waals surface area contributed by atoms with E-state index in [1.54, 1.807) is 30.4 Å². The van der Waals surface area contributed by atoms with Crippen molar-refractivity contribution in [3.8, 4) is 5.75 Å². The molecule has 0 saturated carbocycles. The van der Waals surface area contributed by atoms with Crippen LogP contribution in [0.15, 0.2) is 43.0 Å². The molecule has 1 fully saturated rings. The Morgan fingerprint density at radius 1 is 1.46 bits per heavy atom. The molecule has 1 aromatic heterocycles. The third kappa shape index (κ3) is 4.05. The van der Waals surface area contributed by atoms with Gasteiger partial charge in [-0.15, -0.1) is 0 Å². The standard InChI is InChI=1S/C17H22N4O3/c1-17(23)6-8-21(12-17)16(22)19-14-4-2-3-5-15(14)24-11-10-20-9-7-18-13-20/h2-5,7,9,13,23H,6,8,10-12H2,1H3,(H,19,22)/t17-/m0/s1. The van der Waals surface area contributed by atoms with Crippen LogP contribution in [-0.4, -0.2) is 50.9 Å². The summed E-state index contributed by atoms with van der Waals surface area (Å²) >= 11 is 0. The highest BCUT2D eigenvalue weighted by atomic mass is 16.5. The lowest BCUT2D eigenvalue weighted by Crippen LogP contribution is -2.36. The number of nitrogens with one attached hydrogen (secondary N) is 1. The number of hydrogen-bond donors (Lipinski definition) is 2. The average molecular weight is 330 g/mol. The molecule has 1 saturated heterocycles. The van der Waals surface area contributed by atoms with E-state index in [1.165, 1.54) is 0 Å². The first kappa shape index (κ1) is 16.3. The molecule has 0 spiro atoms. The van der Waals surface area contributed by atoms with Gasteiger partial charge < -0.3 is 24.6 Å². The maximum Gasteiger partial charge on any atom is 0.322 e. The number of likely N-dealkylation sites (tertiary alicyclic amines) is 1. The lowest BCUT2D eigenvalue weighted by Gasteiger charge is -2.20. The van der Waals surface area contributed by atoms with Crippen LogP contribution in [0.25, 0.3) is 0 Å². The molecule has 2 amide bonds. The van der Waals surface area contributed by atoms with E-state index >= 15 is 0 Å². The van der Waals surface area contributed by atoms with E-state index in [1.807, 2.05) is 29.0 Å². The molecule has 0 bridgehead atoms. The molecule has 7 nitrogen and oxygen atoms in total. The van der Waals surface area contributed by atoms with Crippen LogP contribution in [0.5, 0.6) is 5.75 Å². The summed E-state index contributed by atoms with van der Waals surface area (Å²) in [7, 11) is 0. The molecule has 1 aromatic carbocycles. The van der Waals surface area contributed by atoms with Crippen molar-refractivity contribution in [3.05, 3.63) is 43.0 Å². The number of carbonyl (C=O) groups is 1. The van der Waals surface area contributed by atoms with Crippen molar-refractivity contribution in [1.82, 2.24) is 14.5 Å². The Bertz CT molecular complexity index is 685. The van der Waals surface area contributed by atoms with Gasteiger partial charge in [0.2, 0.25) is 0 Å². The minimum absolute atomic E-state index is 0.224. The Morgan fingerprint density at radius 3 is 3.00 bits per heavy atom. The number of hydrogen-bond acceptors (Lipinski definition) is 4. The van der Waals surface area contributed by atoms with Gasteiger partial charge in [0.1, 0.15) is 12.4 Å². The van der Waals surface area contributed by atoms with E-state index in [-0.39, 0.29) is 6.03 Å². The molecule has 0 unspecified atom stereocenters. The lowest BCUT2D eigenvalue weighted by atomic mass is 10.1. The summed E-state index contributed by atoms with van der Waals surface area (Å²) in [5.41, 5.74) is -0.183. The van der Waals surface area contributed by atoms with Gasteiger partial charge in [0, 0.05) is 18.9 Å². The SMILES string of the molecule is C[C@]1(O)CCN(C(=O)Nc2ccccc2OCCn2ccnc2)C1. The second kappa shape index (κ2) is 6.92. The summed E-state index contributed by atoms with van der Waals surface area (Å²) in [5, 5.41) is 12.9. The maximum atomic E-state index is 12.4. The minimum Gasteiger partial charge on any atom is -0.490 e. The zero-order valence-corrected chi connectivity index (χ0v) is 13.7. The van der Waals surface area contributed by atoms with Gasteiger partial charge in [-0.25, -0.2) is 9.78 Å². The van der Waals surface area contributed by atoms with Crippen LogP contribution in [0.4, 0.5) is 10.5 Å². The average Bonchev–Trinajstić information content (AvgIpc) is 3.18. The number of para-hydroxylation sites is 2. The van der Waals surface area contributed by atoms with E-state index in [2.05, 4.69) is 10.3 Å². The van der Waals surface area contributed by atoms with Crippen molar-refractivity contribution in [1.29, 1.82) is 0 Å². The molecule has 24 heavy (non-hydrogen) atoms. The van der Waals surface area contributed by atoms with E-state index in [9.17, 15) is 9.90 Å². The molecule has 1 atom stereocenters. The van der Waals surface area contributed by atoms with Crippen molar-refractivity contribution >= 4 is 11.7 Å². The number of ether oxygens (including phenoxy) is 1. The molecule has 2 aromatic rings. The highest BCUT2D eigenvalue weighted by Crippen LogP contribution is 2.26. The number of carbonyl (C=O) groups excluding carboxylic acids is 1. The number of β-amino-alcohol motifs (C(OH)–C–C–N with tert-alkyl or cyclic N) is 1. The zero-order chi connectivity index (χ0) is 17.0. The van der Waals surface area contributed by atoms with E-state index in [0.29, 0.717) is 44.1 Å². The Kier molecular flexibility index (Phi) is 4.71. The number of imidazole rings is 1. The smallest absolute Gasteiger partial charge is 0.322 e. The second-order valence-corrected chi connectivity index (χ2v) is 6.24. The zero-order valence-electron chi connectivity index (χ0n) is 13.7. The Morgan fingerprint density at radius 2 is 2.29 bits per heavy atom. The first-order chi connectivity index (χ1) is 11.5. The number of benzene rings is 1. The van der Waals surface area contributed by atoms with Crippen molar-refractivity contribution in [3.63, 3.8) is 0 Å². The van der Waals surface area contributed by atoms with Gasteiger partial charge in [0.25, 0.3) is 0 Å². The first-order valence-corrected chi connectivity index (χ1v) is 7.99. The van der Waals surface area contributed by atoms with Crippen LogP contribution in [0, 0.1) is 0 Å². The highest BCUT2D eigenvalue weighted by Gasteiger charge is 2.34. The molecule has 7 heteroatoms. The van der Waals surface area contributed by atoms with Crippen LogP contribution in [0.1, 0.15) is 13.3 Å². The first-order valence-electron chi connectivity index (χ1n) is 7.99. The molecule has 3 rings (SSSR count). The number of aliphatic hydroxyl groups is 1. The Labute approximate surface area is 140 Å². The Balaban J connectivity index is 1.58. The number of aromatic nitrogens is 2. The predicted molar refractivity (Wildman–Crippen MR) is 90.0 cm³/mol. The van der Waals surface area contributed by atoms with Gasteiger partial charge >= 0.3 is 6.03 Å². The van der Waals surface area contributed by atoms with E-state index in [0.717, 1.165) is 0 Å². The Hall–Kier alpha value is -2.54. The van der Waals surface area contributed by atoms with E-state index in [4.69, 9.17) is 4.74 Å². The highest BCUT2D eigenvalue weighted by molar-refractivity contribution is 5.91. The third-order valence-electron chi connectivity index (χ3n) is 4.03. The van der Waals surface area contributed by atoms with Crippen molar-refractivity contribution in [2.45, 2.75) is 25.5 Å². The summed E-state index contributed by atoms with van der Waals surface area (Å²) in [6, 6.07) is 7.11. The molecule has 2 heterocycles. The number of nitrogens with zero attached hydrogens (tertiary/aromatic N) is 3. The van der Waals surface area contributed by atoms with Gasteiger partial charge in [0.15, 0.2) is 0 Å². The number of rotatable bonds is 5. The number of anilines is 1. The van der Waals surface area contributed by atoms with Crippen molar-refractivity contribution in [2.24, 2.45) is 0 Å². The molecule has 2 N–H and O–H groups in total. The fraction of sp³-hybridized carbons (Fsp3) is 0.412. The molecule has 1 aliphatic heterocycles. The van der Waals surface area contributed by atoms with Crippen molar-refractivity contribution < 1.29 is 14.6 Å². The number of amides is 2. The van der Waals surface area contributed by atoms with Gasteiger partial charge in [-0.05, 0) is 25.5 Å². The normalized spacial score (nSPS) is 20.2. The summed E-state index contributed by atoms with van der Waals surface area (Å²) in [4.78, 5) is 17.9. The summed E-state index contributed by atoms with van der Waals surface area (Å²) in [5.74, 6) is 0.622. The monoisotopic (exact) mass is 330 g/mol. The summed E-state index contributed by atoms with van der Waals surface area (Å²) < 4.78 is 7.71.